The molecule has 2 saturated carbocycles. The molecule has 0 N–H and O–H groups in total. The average molecular weight is 200 g/mol. The van der Waals surface area contributed by atoms with Crippen LogP contribution in [0.25, 0.3) is 0 Å². The number of halogens is 1. The summed E-state index contributed by atoms with van der Waals surface area (Å²) in [4.78, 5) is 2.20. The molecule has 4 fully saturated rings. The van der Waals surface area contributed by atoms with E-state index in [0.717, 1.165) is 12.2 Å². The Morgan fingerprint density at radius 2 is 2.40 bits per heavy atom. The van der Waals surface area contributed by atoms with Crippen molar-refractivity contribution in [3.63, 3.8) is 0 Å². The fourth-order valence-corrected chi connectivity index (χ4v) is 3.43. The van der Waals surface area contributed by atoms with Gasteiger partial charge in [-0.15, -0.1) is 0 Å². The van der Waals surface area contributed by atoms with Crippen LogP contribution < -0.4 is 4.90 Å². The number of fused-ring (bicyclic) bond motifs is 1. The predicted molar refractivity (Wildman–Crippen MR) is 52.6 cm³/mol. The molecule has 0 amide bonds. The molecule has 4 atom stereocenters. The average Bonchev–Trinajstić information content (AvgIpc) is 2.96. The van der Waals surface area contributed by atoms with Gasteiger partial charge in [0.15, 0.2) is 0 Å². The summed E-state index contributed by atoms with van der Waals surface area (Å²) in [5.41, 5.74) is 0.897. The third kappa shape index (κ3) is 0.657. The first-order valence-corrected chi connectivity index (χ1v) is 5.22. The Labute approximate surface area is 86.9 Å². The van der Waals surface area contributed by atoms with Crippen molar-refractivity contribution in [1.29, 1.82) is 5.26 Å². The molecule has 0 spiro atoms. The molecule has 15 heavy (non-hydrogen) atoms. The van der Waals surface area contributed by atoms with E-state index in [-0.39, 0.29) is 11.2 Å². The first kappa shape index (κ1) is 7.70. The van der Waals surface area contributed by atoms with Crippen molar-refractivity contribution >= 4 is 5.69 Å². The van der Waals surface area contributed by atoms with Crippen molar-refractivity contribution in [2.24, 2.45) is 17.3 Å². The van der Waals surface area contributed by atoms with Crippen LogP contribution >= 0.6 is 0 Å². The predicted octanol–water partition coefficient (Wildman–Crippen LogP) is 1.78. The third-order valence-corrected chi connectivity index (χ3v) is 4.27. The SMILES string of the molecule is N#C[C@@]12C3[C@H]1[C@H]2CN3c1cccc(F)c1. The van der Waals surface area contributed by atoms with E-state index in [0.29, 0.717) is 17.9 Å². The Kier molecular flexibility index (Phi) is 1.03. The minimum Gasteiger partial charge on any atom is -0.366 e. The molecule has 1 aromatic rings. The number of benzene rings is 1. The van der Waals surface area contributed by atoms with Crippen LogP contribution in [0.4, 0.5) is 10.1 Å². The van der Waals surface area contributed by atoms with Crippen LogP contribution in [-0.2, 0) is 0 Å². The Bertz CT molecular complexity index is 501. The minimum absolute atomic E-state index is 0.0354. The Morgan fingerprint density at radius 1 is 1.53 bits per heavy atom. The second kappa shape index (κ2) is 2.01. The van der Waals surface area contributed by atoms with E-state index < -0.39 is 0 Å². The van der Waals surface area contributed by atoms with E-state index >= 15 is 0 Å². The summed E-state index contributed by atoms with van der Waals surface area (Å²) in [6, 6.07) is 9.49. The van der Waals surface area contributed by atoms with E-state index in [9.17, 15) is 4.39 Å². The number of nitriles is 1. The third-order valence-electron chi connectivity index (χ3n) is 4.27. The first-order valence-electron chi connectivity index (χ1n) is 5.22. The Morgan fingerprint density at radius 3 is 3.00 bits per heavy atom. The van der Waals surface area contributed by atoms with Gasteiger partial charge in [-0.25, -0.2) is 4.39 Å². The minimum atomic E-state index is -0.197. The van der Waals surface area contributed by atoms with Gasteiger partial charge in [0.05, 0.1) is 17.5 Å². The number of rotatable bonds is 1. The molecule has 2 aliphatic heterocycles. The lowest BCUT2D eigenvalue weighted by atomic mass is 10.1. The lowest BCUT2D eigenvalue weighted by molar-refractivity contribution is 0.626. The van der Waals surface area contributed by atoms with E-state index in [1.807, 2.05) is 6.07 Å². The maximum absolute atomic E-state index is 13.1. The van der Waals surface area contributed by atoms with Crippen LogP contribution in [0.5, 0.6) is 0 Å². The fraction of sp³-hybridized carbons (Fsp3) is 0.417. The maximum Gasteiger partial charge on any atom is 0.125 e. The molecule has 1 aromatic carbocycles. The van der Waals surface area contributed by atoms with Crippen molar-refractivity contribution in [2.75, 3.05) is 11.4 Å². The molecule has 2 bridgehead atoms. The van der Waals surface area contributed by atoms with Gasteiger partial charge in [-0.2, -0.15) is 5.26 Å². The molecule has 0 radical (unpaired) electrons. The summed E-state index contributed by atoms with van der Waals surface area (Å²) in [5.74, 6) is 0.958. The summed E-state index contributed by atoms with van der Waals surface area (Å²) < 4.78 is 13.1. The largest absolute Gasteiger partial charge is 0.366 e. The van der Waals surface area contributed by atoms with E-state index in [4.69, 9.17) is 5.26 Å². The topological polar surface area (TPSA) is 27.0 Å². The van der Waals surface area contributed by atoms with E-state index in [2.05, 4.69) is 11.0 Å². The van der Waals surface area contributed by atoms with Crippen molar-refractivity contribution < 1.29 is 4.39 Å². The zero-order valence-corrected chi connectivity index (χ0v) is 8.02. The van der Waals surface area contributed by atoms with Gasteiger partial charge in [-0.05, 0) is 18.2 Å². The number of anilines is 1. The summed E-state index contributed by atoms with van der Waals surface area (Å²) in [6.07, 6.45) is 0. The summed E-state index contributed by atoms with van der Waals surface area (Å²) in [6.45, 7) is 0.937. The van der Waals surface area contributed by atoms with E-state index in [1.165, 1.54) is 6.07 Å². The molecular formula is C12H9FN2. The molecule has 74 valence electrons. The second-order valence-electron chi connectivity index (χ2n) is 4.75. The first-order chi connectivity index (χ1) is 7.29. The monoisotopic (exact) mass is 200 g/mol. The number of hydrogen-bond donors (Lipinski definition) is 0. The van der Waals surface area contributed by atoms with Gasteiger partial charge in [-0.1, -0.05) is 6.07 Å². The Balaban J connectivity index is 1.70. The van der Waals surface area contributed by atoms with Crippen molar-refractivity contribution in [3.8, 4) is 6.07 Å². The lowest BCUT2D eigenvalue weighted by Gasteiger charge is -2.18. The van der Waals surface area contributed by atoms with Crippen molar-refractivity contribution in [3.05, 3.63) is 30.1 Å². The van der Waals surface area contributed by atoms with E-state index in [1.54, 1.807) is 12.1 Å². The van der Waals surface area contributed by atoms with Gasteiger partial charge in [0.1, 0.15) is 5.82 Å². The fourth-order valence-electron chi connectivity index (χ4n) is 3.43. The highest BCUT2D eigenvalue weighted by molar-refractivity contribution is 5.64. The number of nitrogens with zero attached hydrogens (tertiary/aromatic N) is 2. The Hall–Kier alpha value is -1.56. The summed E-state index contributed by atoms with van der Waals surface area (Å²) in [5, 5.41) is 9.06. The van der Waals surface area contributed by atoms with Gasteiger partial charge in [0, 0.05) is 24.1 Å². The van der Waals surface area contributed by atoms with Gasteiger partial charge < -0.3 is 4.90 Å². The van der Waals surface area contributed by atoms with Gasteiger partial charge in [-0.3, -0.25) is 0 Å². The highest BCUT2D eigenvalue weighted by Gasteiger charge is 2.93. The smallest absolute Gasteiger partial charge is 0.125 e. The van der Waals surface area contributed by atoms with Crippen molar-refractivity contribution in [2.45, 2.75) is 6.04 Å². The van der Waals surface area contributed by atoms with Crippen molar-refractivity contribution in [1.82, 2.24) is 0 Å². The molecule has 5 rings (SSSR count). The molecule has 2 heterocycles. The summed E-state index contributed by atoms with van der Waals surface area (Å²) in [7, 11) is 0. The second-order valence-corrected chi connectivity index (χ2v) is 4.75. The molecule has 2 nitrogen and oxygen atoms in total. The zero-order valence-electron chi connectivity index (χ0n) is 8.02. The highest BCUT2D eigenvalue weighted by Crippen LogP contribution is 2.85. The molecule has 0 aromatic heterocycles. The molecule has 2 aliphatic carbocycles. The maximum atomic E-state index is 13.1. The zero-order chi connectivity index (χ0) is 10.2. The van der Waals surface area contributed by atoms with Gasteiger partial charge >= 0.3 is 0 Å². The molecule has 4 aliphatic rings. The summed E-state index contributed by atoms with van der Waals surface area (Å²) >= 11 is 0. The van der Waals surface area contributed by atoms with Crippen LogP contribution in [-0.4, -0.2) is 12.6 Å². The highest BCUT2D eigenvalue weighted by atomic mass is 19.1. The quantitative estimate of drug-likeness (QED) is 0.691. The molecule has 3 heteroatoms. The van der Waals surface area contributed by atoms with Crippen LogP contribution in [0.2, 0.25) is 0 Å². The number of hydrogen-bond acceptors (Lipinski definition) is 2. The number of piperidine rings is 1. The lowest BCUT2D eigenvalue weighted by Crippen LogP contribution is -2.21. The standard InChI is InChI=1S/C12H9FN2/c13-7-2-1-3-8(4-7)15-5-9-10-11(15)12(9,10)6-14/h1-4,9-11H,5H2/t9-,10-,11?,12+/m1/s1. The molecule has 1 unspecified atom stereocenters. The molecular weight excluding hydrogens is 191 g/mol. The van der Waals surface area contributed by atoms with Gasteiger partial charge in [0.25, 0.3) is 0 Å². The normalized spacial score (nSPS) is 43.5. The van der Waals surface area contributed by atoms with Crippen LogP contribution in [0, 0.1) is 34.4 Å². The van der Waals surface area contributed by atoms with Crippen LogP contribution in [0.15, 0.2) is 24.3 Å². The van der Waals surface area contributed by atoms with Crippen LogP contribution in [0.1, 0.15) is 0 Å². The van der Waals surface area contributed by atoms with Crippen LogP contribution in [0.3, 0.4) is 0 Å². The molecule has 2 saturated heterocycles. The van der Waals surface area contributed by atoms with Gasteiger partial charge in [0.2, 0.25) is 0 Å².